The van der Waals surface area contributed by atoms with Gasteiger partial charge in [0, 0.05) is 30.1 Å². The van der Waals surface area contributed by atoms with Crippen molar-refractivity contribution in [3.63, 3.8) is 0 Å². The second kappa shape index (κ2) is 6.87. The van der Waals surface area contributed by atoms with Crippen molar-refractivity contribution in [3.05, 3.63) is 21.3 Å². The molecule has 122 valence electrons. The first-order valence-corrected chi connectivity index (χ1v) is 9.15. The van der Waals surface area contributed by atoms with Crippen molar-refractivity contribution in [2.24, 2.45) is 0 Å². The van der Waals surface area contributed by atoms with Crippen LogP contribution in [0.2, 0.25) is 4.34 Å². The van der Waals surface area contributed by atoms with Gasteiger partial charge in [-0.05, 0) is 44.9 Å². The summed E-state index contributed by atoms with van der Waals surface area (Å²) in [5, 5.41) is 3.65. The number of hydrogen-bond donors (Lipinski definition) is 1. The molecule has 1 N–H and O–H groups in total. The summed E-state index contributed by atoms with van der Waals surface area (Å²) in [6, 6.07) is 5.73. The largest absolute Gasteiger partial charge is 0.340 e. The molecular weight excluding hydrogens is 318 g/mol. The number of halogens is 1. The molecule has 0 aliphatic carbocycles. The molecule has 0 saturated carbocycles. The first-order valence-electron chi connectivity index (χ1n) is 7.95. The number of nitrogens with one attached hydrogen (secondary N) is 1. The Morgan fingerprint density at radius 1 is 1.32 bits per heavy atom. The van der Waals surface area contributed by atoms with Gasteiger partial charge in [0.2, 0.25) is 5.91 Å². The Bertz CT molecular complexity index is 523. The van der Waals surface area contributed by atoms with Crippen LogP contribution >= 0.6 is 22.9 Å². The maximum absolute atomic E-state index is 12.4. The summed E-state index contributed by atoms with van der Waals surface area (Å²) in [6.07, 6.45) is 4.93. The Morgan fingerprint density at radius 2 is 2.00 bits per heavy atom. The van der Waals surface area contributed by atoms with Crippen LogP contribution < -0.4 is 5.32 Å². The fourth-order valence-electron chi connectivity index (χ4n) is 3.61. The van der Waals surface area contributed by atoms with E-state index in [1.165, 1.54) is 37.0 Å². The molecule has 4 nitrogen and oxygen atoms in total. The van der Waals surface area contributed by atoms with E-state index >= 15 is 0 Å². The van der Waals surface area contributed by atoms with Gasteiger partial charge in [0.05, 0.1) is 17.4 Å². The molecule has 0 radical (unpaired) electrons. The second-order valence-electron chi connectivity index (χ2n) is 6.63. The summed E-state index contributed by atoms with van der Waals surface area (Å²) in [5.41, 5.74) is 0. The first-order chi connectivity index (χ1) is 10.5. The fourth-order valence-corrected chi connectivity index (χ4v) is 4.75. The van der Waals surface area contributed by atoms with E-state index in [1.54, 1.807) is 4.90 Å². The van der Waals surface area contributed by atoms with Gasteiger partial charge in [0.1, 0.15) is 0 Å². The van der Waals surface area contributed by atoms with Gasteiger partial charge in [-0.3, -0.25) is 9.69 Å². The zero-order valence-corrected chi connectivity index (χ0v) is 14.8. The van der Waals surface area contributed by atoms with E-state index in [-0.39, 0.29) is 5.91 Å². The van der Waals surface area contributed by atoms with E-state index in [9.17, 15) is 4.79 Å². The number of likely N-dealkylation sites (N-methyl/N-ethyl adjacent to an activating group) is 2. The lowest BCUT2D eigenvalue weighted by Crippen LogP contribution is -2.49. The van der Waals surface area contributed by atoms with Crippen molar-refractivity contribution < 1.29 is 4.79 Å². The maximum atomic E-state index is 12.4. The molecule has 3 heterocycles. The lowest BCUT2D eigenvalue weighted by Gasteiger charge is -2.35. The highest BCUT2D eigenvalue weighted by molar-refractivity contribution is 7.16. The van der Waals surface area contributed by atoms with Gasteiger partial charge in [-0.15, -0.1) is 11.3 Å². The van der Waals surface area contributed by atoms with Crippen LogP contribution in [0, 0.1) is 0 Å². The number of piperidine rings is 1. The van der Waals surface area contributed by atoms with Crippen molar-refractivity contribution in [2.75, 3.05) is 20.6 Å². The lowest BCUT2D eigenvalue weighted by atomic mass is 9.98. The average molecular weight is 342 g/mol. The summed E-state index contributed by atoms with van der Waals surface area (Å²) in [4.78, 5) is 17.6. The molecule has 2 bridgehead atoms. The standard InChI is InChI=1S/C16H24ClN3OS/c1-19(13-7-11-3-4-12(8-13)18-11)10-16(21)20(2)9-14-5-6-15(17)22-14/h5-6,11-13,18H,3-4,7-10H2,1-2H3. The van der Waals surface area contributed by atoms with Crippen LogP contribution in [0.15, 0.2) is 12.1 Å². The SMILES string of the molecule is CN(Cc1ccc(Cl)s1)C(=O)CN(C)C1CC2CCC(C1)N2. The Kier molecular flexibility index (Phi) is 5.07. The maximum Gasteiger partial charge on any atom is 0.236 e. The third-order valence-electron chi connectivity index (χ3n) is 4.90. The monoisotopic (exact) mass is 341 g/mol. The van der Waals surface area contributed by atoms with Crippen molar-refractivity contribution in [2.45, 2.75) is 50.4 Å². The molecule has 0 aromatic carbocycles. The van der Waals surface area contributed by atoms with Crippen molar-refractivity contribution in [1.29, 1.82) is 0 Å². The van der Waals surface area contributed by atoms with Gasteiger partial charge >= 0.3 is 0 Å². The van der Waals surface area contributed by atoms with Crippen LogP contribution in [-0.4, -0.2) is 54.5 Å². The molecule has 22 heavy (non-hydrogen) atoms. The van der Waals surface area contributed by atoms with E-state index in [0.29, 0.717) is 31.2 Å². The first kappa shape index (κ1) is 16.2. The molecule has 1 aromatic heterocycles. The molecule has 1 aromatic rings. The van der Waals surface area contributed by atoms with Gasteiger partial charge in [-0.1, -0.05) is 11.6 Å². The van der Waals surface area contributed by atoms with Crippen LogP contribution in [0.25, 0.3) is 0 Å². The molecule has 2 unspecified atom stereocenters. The predicted molar refractivity (Wildman–Crippen MR) is 91.4 cm³/mol. The molecule has 2 saturated heterocycles. The van der Waals surface area contributed by atoms with Gasteiger partial charge in [0.25, 0.3) is 0 Å². The van der Waals surface area contributed by atoms with Crippen LogP contribution in [0.1, 0.15) is 30.6 Å². The number of hydrogen-bond acceptors (Lipinski definition) is 4. The highest BCUT2D eigenvalue weighted by Crippen LogP contribution is 2.29. The lowest BCUT2D eigenvalue weighted by molar-refractivity contribution is -0.132. The number of thiophene rings is 1. The highest BCUT2D eigenvalue weighted by atomic mass is 35.5. The zero-order chi connectivity index (χ0) is 15.7. The Morgan fingerprint density at radius 3 is 2.59 bits per heavy atom. The van der Waals surface area contributed by atoms with Crippen LogP contribution in [-0.2, 0) is 11.3 Å². The summed E-state index contributed by atoms with van der Waals surface area (Å²) in [7, 11) is 3.96. The van der Waals surface area contributed by atoms with Crippen molar-refractivity contribution >= 4 is 28.8 Å². The third-order valence-corrected chi connectivity index (χ3v) is 6.12. The van der Waals surface area contributed by atoms with Crippen LogP contribution in [0.5, 0.6) is 0 Å². The molecular formula is C16H24ClN3OS. The van der Waals surface area contributed by atoms with Crippen LogP contribution in [0.4, 0.5) is 0 Å². The average Bonchev–Trinajstić information content (AvgIpc) is 3.04. The summed E-state index contributed by atoms with van der Waals surface area (Å²) in [6.45, 7) is 1.14. The van der Waals surface area contributed by atoms with E-state index in [1.807, 2.05) is 19.2 Å². The number of rotatable bonds is 5. The van der Waals surface area contributed by atoms with E-state index in [2.05, 4.69) is 17.3 Å². The number of fused-ring (bicyclic) bond motifs is 2. The smallest absolute Gasteiger partial charge is 0.236 e. The molecule has 2 aliphatic heterocycles. The molecule has 3 rings (SSSR count). The Labute approximate surface area is 141 Å². The van der Waals surface area contributed by atoms with Crippen LogP contribution in [0.3, 0.4) is 0 Å². The minimum atomic E-state index is 0.179. The van der Waals surface area contributed by atoms with E-state index in [0.717, 1.165) is 9.21 Å². The molecule has 1 amide bonds. The number of carbonyl (C=O) groups excluding carboxylic acids is 1. The summed E-state index contributed by atoms with van der Waals surface area (Å²) < 4.78 is 0.776. The minimum absolute atomic E-state index is 0.179. The predicted octanol–water partition coefficient (Wildman–Crippen LogP) is 2.57. The van der Waals surface area contributed by atoms with Crippen molar-refractivity contribution in [3.8, 4) is 0 Å². The van der Waals surface area contributed by atoms with Crippen molar-refractivity contribution in [1.82, 2.24) is 15.1 Å². The normalized spacial score (nSPS) is 27.4. The second-order valence-corrected chi connectivity index (χ2v) is 8.43. The Hall–Kier alpha value is -0.620. The van der Waals surface area contributed by atoms with E-state index < -0.39 is 0 Å². The summed E-state index contributed by atoms with van der Waals surface area (Å²) in [5.74, 6) is 0.179. The zero-order valence-electron chi connectivity index (χ0n) is 13.2. The van der Waals surface area contributed by atoms with E-state index in [4.69, 9.17) is 11.6 Å². The number of nitrogens with zero attached hydrogens (tertiary/aromatic N) is 2. The topological polar surface area (TPSA) is 35.6 Å². The van der Waals surface area contributed by atoms with Gasteiger partial charge < -0.3 is 10.2 Å². The Balaban J connectivity index is 1.50. The van der Waals surface area contributed by atoms with Gasteiger partial charge in [-0.25, -0.2) is 0 Å². The minimum Gasteiger partial charge on any atom is -0.340 e. The molecule has 0 spiro atoms. The quantitative estimate of drug-likeness (QED) is 0.894. The molecule has 2 atom stereocenters. The van der Waals surface area contributed by atoms with Gasteiger partial charge in [0.15, 0.2) is 0 Å². The summed E-state index contributed by atoms with van der Waals surface area (Å²) >= 11 is 7.48. The number of carbonyl (C=O) groups is 1. The number of amides is 1. The fraction of sp³-hybridized carbons (Fsp3) is 0.688. The third kappa shape index (κ3) is 3.82. The van der Waals surface area contributed by atoms with Gasteiger partial charge in [-0.2, -0.15) is 0 Å². The molecule has 2 aliphatic rings. The molecule has 2 fully saturated rings. The molecule has 6 heteroatoms. The highest BCUT2D eigenvalue weighted by Gasteiger charge is 2.35.